The summed E-state index contributed by atoms with van der Waals surface area (Å²) in [6.45, 7) is 0.286. The molecule has 0 aliphatic heterocycles. The Morgan fingerprint density at radius 3 is 2.87 bits per heavy atom. The molecule has 9 heteroatoms. The number of alkyl halides is 3. The SMILES string of the molecule is CC(Oc1cccc(Cl)c1)C(=O)Nc1cnn(CC(F)(F)F)c1. The minimum atomic E-state index is -4.38. The number of rotatable bonds is 5. The fraction of sp³-hybridized carbons (Fsp3) is 0.286. The number of carbonyl (C=O) groups excluding carboxylic acids is 1. The largest absolute Gasteiger partial charge is 0.481 e. The summed E-state index contributed by atoms with van der Waals surface area (Å²) >= 11 is 5.81. The topological polar surface area (TPSA) is 56.1 Å². The molecule has 0 bridgehead atoms. The Morgan fingerprint density at radius 1 is 1.48 bits per heavy atom. The molecule has 1 aromatic heterocycles. The zero-order valence-electron chi connectivity index (χ0n) is 12.0. The molecule has 1 aromatic carbocycles. The lowest BCUT2D eigenvalue weighted by molar-refractivity contribution is -0.142. The zero-order valence-corrected chi connectivity index (χ0v) is 12.7. The van der Waals surface area contributed by atoms with Crippen molar-refractivity contribution in [1.29, 1.82) is 0 Å². The zero-order chi connectivity index (χ0) is 17.0. The Hall–Kier alpha value is -2.22. The van der Waals surface area contributed by atoms with Gasteiger partial charge in [-0.2, -0.15) is 18.3 Å². The smallest absolute Gasteiger partial charge is 0.408 e. The molecule has 0 aliphatic rings. The summed E-state index contributed by atoms with van der Waals surface area (Å²) in [4.78, 5) is 12.0. The minimum absolute atomic E-state index is 0.154. The molecule has 23 heavy (non-hydrogen) atoms. The Labute approximate surface area is 135 Å². The summed E-state index contributed by atoms with van der Waals surface area (Å²) in [6.07, 6.45) is -3.01. The Kier molecular flexibility index (Phi) is 5.15. The quantitative estimate of drug-likeness (QED) is 0.900. The first-order valence-corrected chi connectivity index (χ1v) is 6.93. The van der Waals surface area contributed by atoms with Gasteiger partial charge in [0.2, 0.25) is 0 Å². The van der Waals surface area contributed by atoms with Gasteiger partial charge in [-0.25, -0.2) is 0 Å². The van der Waals surface area contributed by atoms with E-state index in [-0.39, 0.29) is 5.69 Å². The number of amides is 1. The summed E-state index contributed by atoms with van der Waals surface area (Å²) in [5.74, 6) is -0.107. The van der Waals surface area contributed by atoms with Crippen LogP contribution in [0.3, 0.4) is 0 Å². The number of ether oxygens (including phenoxy) is 1. The van der Waals surface area contributed by atoms with Crippen LogP contribution in [0, 0.1) is 0 Å². The summed E-state index contributed by atoms with van der Waals surface area (Å²) in [5, 5.41) is 6.43. The fourth-order valence-electron chi connectivity index (χ4n) is 1.74. The number of nitrogens with one attached hydrogen (secondary N) is 1. The molecular weight excluding hydrogens is 335 g/mol. The molecule has 1 amide bonds. The number of carbonyl (C=O) groups is 1. The van der Waals surface area contributed by atoms with Gasteiger partial charge in [0.1, 0.15) is 12.3 Å². The van der Waals surface area contributed by atoms with E-state index in [1.807, 2.05) is 0 Å². The predicted octanol–water partition coefficient (Wildman–Crippen LogP) is 3.50. The highest BCUT2D eigenvalue weighted by molar-refractivity contribution is 6.30. The van der Waals surface area contributed by atoms with E-state index in [0.717, 1.165) is 12.4 Å². The number of benzene rings is 1. The molecule has 0 saturated heterocycles. The number of halogens is 4. The molecule has 2 aromatic rings. The van der Waals surface area contributed by atoms with Crippen LogP contribution in [0.4, 0.5) is 18.9 Å². The van der Waals surface area contributed by atoms with Crippen LogP contribution in [-0.2, 0) is 11.3 Å². The van der Waals surface area contributed by atoms with Crippen LogP contribution in [0.5, 0.6) is 5.75 Å². The second-order valence-electron chi connectivity index (χ2n) is 4.75. The first-order chi connectivity index (χ1) is 10.7. The van der Waals surface area contributed by atoms with E-state index in [4.69, 9.17) is 16.3 Å². The van der Waals surface area contributed by atoms with Crippen LogP contribution in [0.25, 0.3) is 0 Å². The molecule has 1 atom stereocenters. The number of anilines is 1. The average Bonchev–Trinajstić information content (AvgIpc) is 2.83. The lowest BCUT2D eigenvalue weighted by atomic mass is 10.3. The van der Waals surface area contributed by atoms with Crippen LogP contribution >= 0.6 is 11.6 Å². The van der Waals surface area contributed by atoms with E-state index in [9.17, 15) is 18.0 Å². The molecule has 1 unspecified atom stereocenters. The van der Waals surface area contributed by atoms with Crippen molar-refractivity contribution >= 4 is 23.2 Å². The van der Waals surface area contributed by atoms with Gasteiger partial charge < -0.3 is 10.1 Å². The van der Waals surface area contributed by atoms with Gasteiger partial charge in [-0.15, -0.1) is 0 Å². The Morgan fingerprint density at radius 2 is 2.22 bits per heavy atom. The van der Waals surface area contributed by atoms with E-state index in [0.29, 0.717) is 15.5 Å². The predicted molar refractivity (Wildman–Crippen MR) is 78.5 cm³/mol. The number of nitrogens with zero attached hydrogens (tertiary/aromatic N) is 2. The molecule has 2 rings (SSSR count). The van der Waals surface area contributed by atoms with Gasteiger partial charge in [-0.05, 0) is 25.1 Å². The highest BCUT2D eigenvalue weighted by Crippen LogP contribution is 2.20. The molecule has 5 nitrogen and oxygen atoms in total. The molecular formula is C14H13ClF3N3O2. The van der Waals surface area contributed by atoms with E-state index in [1.165, 1.54) is 6.92 Å². The maximum absolute atomic E-state index is 12.2. The maximum Gasteiger partial charge on any atom is 0.408 e. The van der Waals surface area contributed by atoms with E-state index in [1.54, 1.807) is 24.3 Å². The van der Waals surface area contributed by atoms with Gasteiger partial charge in [-0.3, -0.25) is 9.48 Å². The monoisotopic (exact) mass is 347 g/mol. The summed E-state index contributed by atoms with van der Waals surface area (Å²) in [6, 6.07) is 6.52. The lowest BCUT2D eigenvalue weighted by Gasteiger charge is -2.14. The molecule has 124 valence electrons. The molecule has 0 saturated carbocycles. The van der Waals surface area contributed by atoms with Crippen molar-refractivity contribution in [2.24, 2.45) is 0 Å². The van der Waals surface area contributed by atoms with Gasteiger partial charge >= 0.3 is 6.18 Å². The fourth-order valence-corrected chi connectivity index (χ4v) is 1.92. The van der Waals surface area contributed by atoms with Crippen molar-refractivity contribution in [3.05, 3.63) is 41.7 Å². The van der Waals surface area contributed by atoms with Crippen LogP contribution in [0.15, 0.2) is 36.7 Å². The summed E-state index contributed by atoms with van der Waals surface area (Å²) in [7, 11) is 0. The average molecular weight is 348 g/mol. The molecule has 0 aliphatic carbocycles. The third-order valence-electron chi connectivity index (χ3n) is 2.72. The summed E-state index contributed by atoms with van der Waals surface area (Å²) in [5.41, 5.74) is 0.154. The van der Waals surface area contributed by atoms with Crippen molar-refractivity contribution in [2.45, 2.75) is 25.7 Å². The molecule has 1 N–H and O–H groups in total. The highest BCUT2D eigenvalue weighted by Gasteiger charge is 2.28. The van der Waals surface area contributed by atoms with Crippen LogP contribution in [0.1, 0.15) is 6.92 Å². The van der Waals surface area contributed by atoms with Crippen LogP contribution in [-0.4, -0.2) is 28.0 Å². The second-order valence-corrected chi connectivity index (χ2v) is 5.18. The number of hydrogen-bond acceptors (Lipinski definition) is 3. The van der Waals surface area contributed by atoms with Crippen molar-refractivity contribution in [3.63, 3.8) is 0 Å². The third-order valence-corrected chi connectivity index (χ3v) is 2.96. The normalized spacial score (nSPS) is 12.7. The minimum Gasteiger partial charge on any atom is -0.481 e. The van der Waals surface area contributed by atoms with Crippen molar-refractivity contribution < 1.29 is 22.7 Å². The van der Waals surface area contributed by atoms with Gasteiger partial charge in [-0.1, -0.05) is 17.7 Å². The number of aromatic nitrogens is 2. The van der Waals surface area contributed by atoms with Gasteiger partial charge in [0.15, 0.2) is 6.10 Å². The van der Waals surface area contributed by atoms with E-state index in [2.05, 4.69) is 10.4 Å². The van der Waals surface area contributed by atoms with Crippen LogP contribution in [0.2, 0.25) is 5.02 Å². The van der Waals surface area contributed by atoms with Crippen LogP contribution < -0.4 is 10.1 Å². The lowest BCUT2D eigenvalue weighted by Crippen LogP contribution is -2.30. The summed E-state index contributed by atoms with van der Waals surface area (Å²) < 4.78 is 42.8. The highest BCUT2D eigenvalue weighted by atomic mass is 35.5. The Balaban J connectivity index is 1.93. The molecule has 0 spiro atoms. The van der Waals surface area contributed by atoms with Gasteiger partial charge in [0, 0.05) is 11.2 Å². The van der Waals surface area contributed by atoms with E-state index >= 15 is 0 Å². The Bertz CT molecular complexity index is 688. The number of hydrogen-bond donors (Lipinski definition) is 1. The van der Waals surface area contributed by atoms with Crippen molar-refractivity contribution in [2.75, 3.05) is 5.32 Å². The van der Waals surface area contributed by atoms with Crippen molar-refractivity contribution in [3.8, 4) is 5.75 Å². The molecule has 0 fully saturated rings. The standard InChI is InChI=1S/C14H13ClF3N3O2/c1-9(23-12-4-2-3-10(15)5-12)13(22)20-11-6-19-21(7-11)8-14(16,17)18/h2-7,9H,8H2,1H3,(H,20,22). The van der Waals surface area contributed by atoms with E-state index < -0.39 is 24.7 Å². The molecule has 0 radical (unpaired) electrons. The first kappa shape index (κ1) is 17.1. The van der Waals surface area contributed by atoms with Gasteiger partial charge in [0.05, 0.1) is 11.9 Å². The maximum atomic E-state index is 12.2. The molecule has 1 heterocycles. The van der Waals surface area contributed by atoms with Gasteiger partial charge in [0.25, 0.3) is 5.91 Å². The van der Waals surface area contributed by atoms with Crippen molar-refractivity contribution in [1.82, 2.24) is 9.78 Å². The third kappa shape index (κ3) is 5.48. The second kappa shape index (κ2) is 6.91. The first-order valence-electron chi connectivity index (χ1n) is 6.55.